The van der Waals surface area contributed by atoms with Crippen LogP contribution in [0.1, 0.15) is 24.8 Å². The Bertz CT molecular complexity index is 542. The summed E-state index contributed by atoms with van der Waals surface area (Å²) in [5.74, 6) is 0.871. The van der Waals surface area contributed by atoms with Crippen LogP contribution in [0.15, 0.2) is 60.7 Å². The normalized spacial score (nSPS) is 16.3. The van der Waals surface area contributed by atoms with Gasteiger partial charge in [0.05, 0.1) is 0 Å². The molecule has 1 aliphatic rings. The zero-order valence-corrected chi connectivity index (χ0v) is 14.0. The molecular formula is C21H28N2. The molecule has 1 N–H and O–H groups in total. The Labute approximate surface area is 140 Å². The van der Waals surface area contributed by atoms with E-state index in [4.69, 9.17) is 0 Å². The molecule has 0 spiro atoms. The lowest BCUT2D eigenvalue weighted by atomic mass is 9.90. The van der Waals surface area contributed by atoms with E-state index < -0.39 is 0 Å². The molecule has 0 aromatic heterocycles. The average molecular weight is 308 g/mol. The smallest absolute Gasteiger partial charge is 0.0340 e. The van der Waals surface area contributed by atoms with Gasteiger partial charge in [-0.3, -0.25) is 0 Å². The second kappa shape index (κ2) is 8.73. The van der Waals surface area contributed by atoms with Gasteiger partial charge >= 0.3 is 0 Å². The predicted molar refractivity (Wildman–Crippen MR) is 98.9 cm³/mol. The van der Waals surface area contributed by atoms with Crippen LogP contribution in [0.25, 0.3) is 0 Å². The lowest BCUT2D eigenvalue weighted by Crippen LogP contribution is -2.35. The summed E-state index contributed by atoms with van der Waals surface area (Å²) in [4.78, 5) is 2.63. The second-order valence-electron chi connectivity index (χ2n) is 6.62. The monoisotopic (exact) mass is 308 g/mol. The van der Waals surface area contributed by atoms with Crippen LogP contribution in [0, 0.1) is 5.92 Å². The van der Waals surface area contributed by atoms with Crippen molar-refractivity contribution in [3.05, 3.63) is 66.2 Å². The Kier molecular flexibility index (Phi) is 6.10. The van der Waals surface area contributed by atoms with Crippen molar-refractivity contribution in [2.24, 2.45) is 5.92 Å². The van der Waals surface area contributed by atoms with Crippen molar-refractivity contribution in [3.8, 4) is 0 Å². The predicted octanol–water partition coefficient (Wildman–Crippen LogP) is 4.44. The third-order valence-corrected chi connectivity index (χ3v) is 4.83. The van der Waals surface area contributed by atoms with Gasteiger partial charge in [0.15, 0.2) is 0 Å². The molecule has 1 fully saturated rings. The molecule has 0 radical (unpaired) electrons. The molecule has 1 heterocycles. The quantitative estimate of drug-likeness (QED) is 0.761. The Morgan fingerprint density at radius 2 is 1.52 bits per heavy atom. The first kappa shape index (κ1) is 16.1. The van der Waals surface area contributed by atoms with Crippen LogP contribution < -0.4 is 5.32 Å². The number of hydrogen-bond acceptors (Lipinski definition) is 2. The van der Waals surface area contributed by atoms with Crippen LogP contribution in [-0.4, -0.2) is 31.1 Å². The first-order valence-electron chi connectivity index (χ1n) is 8.95. The summed E-state index contributed by atoms with van der Waals surface area (Å²) in [5, 5.41) is 3.50. The molecule has 0 amide bonds. The maximum atomic E-state index is 3.50. The van der Waals surface area contributed by atoms with E-state index in [1.54, 1.807) is 0 Å². The highest BCUT2D eigenvalue weighted by molar-refractivity contribution is 5.42. The summed E-state index contributed by atoms with van der Waals surface area (Å²) < 4.78 is 0. The molecule has 2 aromatic carbocycles. The summed E-state index contributed by atoms with van der Waals surface area (Å²) in [6.07, 6.45) is 5.17. The van der Waals surface area contributed by atoms with Crippen LogP contribution >= 0.6 is 0 Å². The molecule has 3 rings (SSSR count). The fraction of sp³-hybridized carbons (Fsp3) is 0.429. The summed E-state index contributed by atoms with van der Waals surface area (Å²) >= 11 is 0. The number of benzene rings is 2. The highest BCUT2D eigenvalue weighted by Gasteiger charge is 2.18. The van der Waals surface area contributed by atoms with Gasteiger partial charge in [0.1, 0.15) is 0 Å². The molecule has 0 saturated carbocycles. The minimum absolute atomic E-state index is 0.871. The van der Waals surface area contributed by atoms with Gasteiger partial charge in [-0.25, -0.2) is 0 Å². The largest absolute Gasteiger partial charge is 0.385 e. The van der Waals surface area contributed by atoms with Gasteiger partial charge in [0, 0.05) is 12.2 Å². The fourth-order valence-electron chi connectivity index (χ4n) is 3.45. The zero-order valence-electron chi connectivity index (χ0n) is 14.0. The number of piperidine rings is 1. The van der Waals surface area contributed by atoms with E-state index in [0.29, 0.717) is 0 Å². The second-order valence-corrected chi connectivity index (χ2v) is 6.62. The Morgan fingerprint density at radius 3 is 2.22 bits per heavy atom. The van der Waals surface area contributed by atoms with Crippen LogP contribution in [0.4, 0.5) is 5.69 Å². The van der Waals surface area contributed by atoms with Crippen molar-refractivity contribution in [3.63, 3.8) is 0 Å². The Balaban J connectivity index is 1.30. The van der Waals surface area contributed by atoms with Crippen LogP contribution in [-0.2, 0) is 6.42 Å². The molecule has 122 valence electrons. The van der Waals surface area contributed by atoms with Gasteiger partial charge in [-0.15, -0.1) is 0 Å². The molecule has 1 aliphatic heterocycles. The summed E-state index contributed by atoms with van der Waals surface area (Å²) in [5.41, 5.74) is 2.73. The lowest BCUT2D eigenvalue weighted by Gasteiger charge is -2.32. The zero-order chi connectivity index (χ0) is 15.7. The molecule has 2 heteroatoms. The van der Waals surface area contributed by atoms with E-state index in [0.717, 1.165) is 12.5 Å². The fourth-order valence-corrected chi connectivity index (χ4v) is 3.45. The summed E-state index contributed by atoms with van der Waals surface area (Å²) in [6.45, 7) is 4.82. The minimum atomic E-state index is 0.871. The van der Waals surface area contributed by atoms with Gasteiger partial charge in [0.2, 0.25) is 0 Å². The van der Waals surface area contributed by atoms with E-state index in [1.165, 1.54) is 56.6 Å². The van der Waals surface area contributed by atoms with Crippen molar-refractivity contribution >= 4 is 5.69 Å². The third-order valence-electron chi connectivity index (χ3n) is 4.83. The molecule has 2 aromatic rings. The molecule has 1 saturated heterocycles. The van der Waals surface area contributed by atoms with Crippen LogP contribution in [0.3, 0.4) is 0 Å². The average Bonchev–Trinajstić information content (AvgIpc) is 2.62. The van der Waals surface area contributed by atoms with E-state index in [1.807, 2.05) is 0 Å². The van der Waals surface area contributed by atoms with Crippen LogP contribution in [0.5, 0.6) is 0 Å². The van der Waals surface area contributed by atoms with E-state index in [9.17, 15) is 0 Å². The number of likely N-dealkylation sites (tertiary alicyclic amines) is 1. The number of anilines is 1. The maximum absolute atomic E-state index is 3.50. The Hall–Kier alpha value is -1.80. The molecule has 0 aliphatic carbocycles. The number of hydrogen-bond donors (Lipinski definition) is 1. The highest BCUT2D eigenvalue weighted by atomic mass is 15.1. The standard InChI is InChI=1S/C21H28N2/c1-3-8-19(9-4-1)18-20-12-16-23(17-13-20)15-7-14-22-21-10-5-2-6-11-21/h1-6,8-11,20,22H,7,12-18H2. The van der Waals surface area contributed by atoms with E-state index in [2.05, 4.69) is 70.9 Å². The maximum Gasteiger partial charge on any atom is 0.0340 e. The SMILES string of the molecule is c1ccc(CC2CCN(CCCNc3ccccc3)CC2)cc1. The van der Waals surface area contributed by atoms with Crippen molar-refractivity contribution in [2.75, 3.05) is 31.5 Å². The van der Waals surface area contributed by atoms with Gasteiger partial charge in [-0.2, -0.15) is 0 Å². The van der Waals surface area contributed by atoms with Crippen molar-refractivity contribution < 1.29 is 0 Å². The molecule has 2 nitrogen and oxygen atoms in total. The van der Waals surface area contributed by atoms with Crippen LogP contribution in [0.2, 0.25) is 0 Å². The van der Waals surface area contributed by atoms with Gasteiger partial charge in [0.25, 0.3) is 0 Å². The lowest BCUT2D eigenvalue weighted by molar-refractivity contribution is 0.183. The topological polar surface area (TPSA) is 15.3 Å². The first-order chi connectivity index (χ1) is 11.4. The van der Waals surface area contributed by atoms with Crippen molar-refractivity contribution in [1.29, 1.82) is 0 Å². The van der Waals surface area contributed by atoms with E-state index in [-0.39, 0.29) is 0 Å². The molecule has 0 atom stereocenters. The minimum Gasteiger partial charge on any atom is -0.385 e. The summed E-state index contributed by atoms with van der Waals surface area (Å²) in [7, 11) is 0. The highest BCUT2D eigenvalue weighted by Crippen LogP contribution is 2.21. The Morgan fingerprint density at radius 1 is 0.870 bits per heavy atom. The number of para-hydroxylation sites is 1. The van der Waals surface area contributed by atoms with Gasteiger partial charge in [-0.05, 0) is 68.9 Å². The molecule has 0 bridgehead atoms. The third kappa shape index (κ3) is 5.40. The number of nitrogens with zero attached hydrogens (tertiary/aromatic N) is 1. The molecular weight excluding hydrogens is 280 g/mol. The summed E-state index contributed by atoms with van der Waals surface area (Å²) in [6, 6.07) is 21.4. The van der Waals surface area contributed by atoms with Gasteiger partial charge in [-0.1, -0.05) is 48.5 Å². The molecule has 0 unspecified atom stereocenters. The van der Waals surface area contributed by atoms with E-state index >= 15 is 0 Å². The van der Waals surface area contributed by atoms with Gasteiger partial charge < -0.3 is 10.2 Å². The molecule has 23 heavy (non-hydrogen) atoms. The van der Waals surface area contributed by atoms with Crippen molar-refractivity contribution in [1.82, 2.24) is 4.90 Å². The van der Waals surface area contributed by atoms with Crippen molar-refractivity contribution in [2.45, 2.75) is 25.7 Å². The first-order valence-corrected chi connectivity index (χ1v) is 8.95. The number of nitrogens with one attached hydrogen (secondary N) is 1. The number of rotatable bonds is 7.